The molecule has 3 aromatic rings. The third kappa shape index (κ3) is 5.75. The standard InChI is InChI=1S/C27H32N4O4S/c1-19-5-3-4-6-24(19)25(17-26(29-33)23-11-12-27(32)30(2)18-23)22-9-7-20(8-10-22)21-13-15-31(16-14-21)36(28,34)35/h3-12,18,21,25,33H,13-17H2,1-2H3,(H2,28,34,35)/t25-/m1/s1. The van der Waals surface area contributed by atoms with E-state index in [9.17, 15) is 18.4 Å². The lowest BCUT2D eigenvalue weighted by atomic mass is 9.82. The highest BCUT2D eigenvalue weighted by molar-refractivity contribution is 7.86. The lowest BCUT2D eigenvalue weighted by Crippen LogP contribution is -2.41. The lowest BCUT2D eigenvalue weighted by Gasteiger charge is -2.30. The van der Waals surface area contributed by atoms with Crippen LogP contribution in [0.15, 0.2) is 76.8 Å². The van der Waals surface area contributed by atoms with Crippen LogP contribution >= 0.6 is 0 Å². The van der Waals surface area contributed by atoms with E-state index < -0.39 is 10.2 Å². The summed E-state index contributed by atoms with van der Waals surface area (Å²) in [4.78, 5) is 11.8. The van der Waals surface area contributed by atoms with Crippen LogP contribution in [0.4, 0.5) is 0 Å². The lowest BCUT2D eigenvalue weighted by molar-refractivity contribution is 0.317. The highest BCUT2D eigenvalue weighted by atomic mass is 32.2. The number of hydrogen-bond acceptors (Lipinski definition) is 5. The van der Waals surface area contributed by atoms with Gasteiger partial charge in [0.1, 0.15) is 0 Å². The number of aryl methyl sites for hydroxylation is 2. The van der Waals surface area contributed by atoms with Crippen molar-refractivity contribution in [2.45, 2.75) is 38.0 Å². The molecule has 2 aromatic carbocycles. The summed E-state index contributed by atoms with van der Waals surface area (Å²) in [5, 5.41) is 18.8. The van der Waals surface area contributed by atoms with Crippen LogP contribution in [-0.4, -0.2) is 41.3 Å². The number of rotatable bonds is 7. The minimum Gasteiger partial charge on any atom is -0.411 e. The van der Waals surface area contributed by atoms with Gasteiger partial charge in [0.05, 0.1) is 5.71 Å². The van der Waals surface area contributed by atoms with Gasteiger partial charge in [0.25, 0.3) is 10.2 Å². The molecule has 0 bridgehead atoms. The molecule has 3 N–H and O–H groups in total. The Morgan fingerprint density at radius 1 is 1.08 bits per heavy atom. The molecule has 0 unspecified atom stereocenters. The molecule has 0 spiro atoms. The van der Waals surface area contributed by atoms with Crippen molar-refractivity contribution < 1.29 is 13.6 Å². The highest BCUT2D eigenvalue weighted by Crippen LogP contribution is 2.34. The van der Waals surface area contributed by atoms with E-state index in [1.165, 1.54) is 20.5 Å². The first-order valence-electron chi connectivity index (χ1n) is 12.0. The predicted octanol–water partition coefficient (Wildman–Crippen LogP) is 3.48. The van der Waals surface area contributed by atoms with Gasteiger partial charge in [-0.05, 0) is 54.0 Å². The molecular formula is C27H32N4O4S. The van der Waals surface area contributed by atoms with Gasteiger partial charge in [0.2, 0.25) is 5.56 Å². The van der Waals surface area contributed by atoms with E-state index in [0.717, 1.165) is 29.5 Å². The maximum Gasteiger partial charge on any atom is 0.276 e. The zero-order chi connectivity index (χ0) is 25.9. The second-order valence-electron chi connectivity index (χ2n) is 9.41. The van der Waals surface area contributed by atoms with Gasteiger partial charge in [-0.25, -0.2) is 5.14 Å². The van der Waals surface area contributed by atoms with Gasteiger partial charge in [-0.1, -0.05) is 53.7 Å². The molecule has 1 aliphatic heterocycles. The van der Waals surface area contributed by atoms with E-state index in [1.807, 2.05) is 12.1 Å². The monoisotopic (exact) mass is 508 g/mol. The van der Waals surface area contributed by atoms with Gasteiger partial charge in [0, 0.05) is 50.3 Å². The Morgan fingerprint density at radius 3 is 2.33 bits per heavy atom. The number of hydrogen-bond donors (Lipinski definition) is 2. The van der Waals surface area contributed by atoms with E-state index >= 15 is 0 Å². The van der Waals surface area contributed by atoms with Crippen molar-refractivity contribution in [3.05, 3.63) is 105 Å². The van der Waals surface area contributed by atoms with E-state index in [1.54, 1.807) is 19.3 Å². The number of benzene rings is 2. The van der Waals surface area contributed by atoms with Crippen LogP contribution < -0.4 is 10.7 Å². The number of nitrogens with zero attached hydrogens (tertiary/aromatic N) is 3. The average molecular weight is 509 g/mol. The zero-order valence-corrected chi connectivity index (χ0v) is 21.4. The van der Waals surface area contributed by atoms with Crippen molar-refractivity contribution in [1.82, 2.24) is 8.87 Å². The molecule has 2 heterocycles. The summed E-state index contributed by atoms with van der Waals surface area (Å²) in [6, 6.07) is 19.8. The third-order valence-corrected chi connectivity index (χ3v) is 8.21. The first-order valence-corrected chi connectivity index (χ1v) is 13.5. The van der Waals surface area contributed by atoms with Crippen molar-refractivity contribution in [3.8, 4) is 0 Å². The van der Waals surface area contributed by atoms with E-state index in [4.69, 9.17) is 5.14 Å². The fourth-order valence-electron chi connectivity index (χ4n) is 5.00. The quantitative estimate of drug-likeness (QED) is 0.289. The molecule has 1 fully saturated rings. The molecule has 4 rings (SSSR count). The summed E-state index contributed by atoms with van der Waals surface area (Å²) < 4.78 is 26.0. The normalized spacial score (nSPS) is 16.7. The van der Waals surface area contributed by atoms with Gasteiger partial charge in [-0.15, -0.1) is 0 Å². The second-order valence-corrected chi connectivity index (χ2v) is 11.0. The molecule has 1 saturated heterocycles. The topological polar surface area (TPSA) is 118 Å². The van der Waals surface area contributed by atoms with Crippen molar-refractivity contribution >= 4 is 15.9 Å². The summed E-state index contributed by atoms with van der Waals surface area (Å²) in [5.74, 6) is 0.210. The third-order valence-electron chi connectivity index (χ3n) is 7.13. The largest absolute Gasteiger partial charge is 0.411 e. The summed E-state index contributed by atoms with van der Waals surface area (Å²) in [6.07, 6.45) is 3.59. The van der Waals surface area contributed by atoms with Gasteiger partial charge < -0.3 is 9.77 Å². The van der Waals surface area contributed by atoms with Gasteiger partial charge in [-0.2, -0.15) is 12.7 Å². The molecule has 1 atom stereocenters. The molecule has 0 aliphatic carbocycles. The maximum absolute atomic E-state index is 11.8. The molecule has 9 heteroatoms. The van der Waals surface area contributed by atoms with E-state index in [2.05, 4.69) is 48.5 Å². The first-order chi connectivity index (χ1) is 17.2. The fourth-order valence-corrected chi connectivity index (χ4v) is 5.72. The van der Waals surface area contributed by atoms with Crippen molar-refractivity contribution in [1.29, 1.82) is 0 Å². The minimum absolute atomic E-state index is 0.0624. The number of piperidine rings is 1. The minimum atomic E-state index is -3.64. The molecule has 0 radical (unpaired) electrons. The van der Waals surface area contributed by atoms with Crippen LogP contribution in [0.25, 0.3) is 0 Å². The Hall–Kier alpha value is -3.27. The molecule has 0 saturated carbocycles. The molecular weight excluding hydrogens is 476 g/mol. The summed E-state index contributed by atoms with van der Waals surface area (Å²) in [6.45, 7) is 2.91. The molecule has 0 amide bonds. The maximum atomic E-state index is 11.8. The molecule has 1 aliphatic rings. The van der Waals surface area contributed by atoms with Crippen LogP contribution in [0, 0.1) is 6.92 Å². The Bertz CT molecular complexity index is 1410. The number of oxime groups is 1. The summed E-state index contributed by atoms with van der Waals surface area (Å²) in [7, 11) is -1.97. The van der Waals surface area contributed by atoms with Crippen LogP contribution in [0.5, 0.6) is 0 Å². The first kappa shape index (κ1) is 25.8. The van der Waals surface area contributed by atoms with Gasteiger partial charge in [-0.3, -0.25) is 4.79 Å². The van der Waals surface area contributed by atoms with Crippen molar-refractivity contribution in [2.24, 2.45) is 17.3 Å². The number of pyridine rings is 1. The molecule has 36 heavy (non-hydrogen) atoms. The zero-order valence-electron chi connectivity index (χ0n) is 20.5. The van der Waals surface area contributed by atoms with E-state index in [-0.39, 0.29) is 17.4 Å². The van der Waals surface area contributed by atoms with Gasteiger partial charge in [0.15, 0.2) is 0 Å². The number of aromatic nitrogens is 1. The molecule has 8 nitrogen and oxygen atoms in total. The summed E-state index contributed by atoms with van der Waals surface area (Å²) >= 11 is 0. The predicted molar refractivity (Wildman–Crippen MR) is 141 cm³/mol. The summed E-state index contributed by atoms with van der Waals surface area (Å²) in [5.41, 5.74) is 5.59. The molecule has 1 aromatic heterocycles. The Balaban J connectivity index is 1.62. The Kier molecular flexibility index (Phi) is 7.73. The smallest absolute Gasteiger partial charge is 0.276 e. The highest BCUT2D eigenvalue weighted by Gasteiger charge is 2.27. The Morgan fingerprint density at radius 2 is 1.75 bits per heavy atom. The van der Waals surface area contributed by atoms with Crippen LogP contribution in [0.2, 0.25) is 0 Å². The van der Waals surface area contributed by atoms with Gasteiger partial charge >= 0.3 is 0 Å². The SMILES string of the molecule is Cc1ccccc1[C@H](CC(=NO)c1ccc(=O)n(C)c1)c1ccc(C2CCN(S(N)(=O)=O)CC2)cc1. The van der Waals surface area contributed by atoms with Crippen molar-refractivity contribution in [3.63, 3.8) is 0 Å². The number of nitrogens with two attached hydrogens (primary N) is 1. The molecule has 190 valence electrons. The average Bonchev–Trinajstić information content (AvgIpc) is 2.87. The second kappa shape index (κ2) is 10.8. The fraction of sp³-hybridized carbons (Fsp3) is 0.333. The van der Waals surface area contributed by atoms with Crippen LogP contribution in [0.3, 0.4) is 0 Å². The van der Waals surface area contributed by atoms with E-state index in [0.29, 0.717) is 30.8 Å². The van der Waals surface area contributed by atoms with Crippen molar-refractivity contribution in [2.75, 3.05) is 13.1 Å². The van der Waals surface area contributed by atoms with Crippen LogP contribution in [-0.2, 0) is 17.3 Å². The van der Waals surface area contributed by atoms with Crippen LogP contribution in [0.1, 0.15) is 58.9 Å². The Labute approximate surface area is 211 Å².